The molecule has 1 N–H and O–H groups in total. The van der Waals surface area contributed by atoms with E-state index in [4.69, 9.17) is 0 Å². The zero-order chi connectivity index (χ0) is 14.4. The highest BCUT2D eigenvalue weighted by Crippen LogP contribution is 2.55. The maximum absolute atomic E-state index is 12.7. The van der Waals surface area contributed by atoms with Crippen LogP contribution < -0.4 is 5.32 Å². The second-order valence-corrected chi connectivity index (χ2v) is 8.34. The first kappa shape index (κ1) is 14.0. The second kappa shape index (κ2) is 5.57. The lowest BCUT2D eigenvalue weighted by molar-refractivity contribution is -0.142. The largest absolute Gasteiger partial charge is 0.342 e. The Kier molecular flexibility index (Phi) is 3.72. The highest BCUT2D eigenvalue weighted by molar-refractivity contribution is 5.76. The van der Waals surface area contributed by atoms with E-state index in [1.807, 2.05) is 0 Å². The Labute approximate surface area is 128 Å². The number of hydrogen-bond donors (Lipinski definition) is 1. The number of rotatable bonds is 3. The third kappa shape index (κ3) is 2.62. The molecule has 21 heavy (non-hydrogen) atoms. The van der Waals surface area contributed by atoms with E-state index >= 15 is 0 Å². The summed E-state index contributed by atoms with van der Waals surface area (Å²) < 4.78 is 0. The first-order chi connectivity index (χ1) is 10.2. The van der Waals surface area contributed by atoms with Gasteiger partial charge in [-0.2, -0.15) is 0 Å². The van der Waals surface area contributed by atoms with E-state index in [9.17, 15) is 4.79 Å². The van der Waals surface area contributed by atoms with Gasteiger partial charge in [-0.1, -0.05) is 0 Å². The lowest BCUT2D eigenvalue weighted by Gasteiger charge is -2.56. The molecule has 3 heteroatoms. The average molecular weight is 290 g/mol. The zero-order valence-electron chi connectivity index (χ0n) is 13.4. The lowest BCUT2D eigenvalue weighted by Crippen LogP contribution is -2.56. The fourth-order valence-electron chi connectivity index (χ4n) is 6.18. The van der Waals surface area contributed by atoms with Gasteiger partial charge in [-0.15, -0.1) is 0 Å². The number of carbonyl (C=O) groups excluding carboxylic acids is 1. The van der Waals surface area contributed by atoms with Crippen LogP contribution in [-0.2, 0) is 4.79 Å². The SMILES string of the molecule is CN(C(=O)CC1CCCNC1)C1C2CC3CC(C2)CC1C3. The predicted molar refractivity (Wildman–Crippen MR) is 83.8 cm³/mol. The summed E-state index contributed by atoms with van der Waals surface area (Å²) in [4.78, 5) is 14.9. The summed E-state index contributed by atoms with van der Waals surface area (Å²) in [5, 5.41) is 3.44. The van der Waals surface area contributed by atoms with Crippen molar-refractivity contribution in [3.8, 4) is 0 Å². The first-order valence-corrected chi connectivity index (χ1v) is 9.17. The van der Waals surface area contributed by atoms with Crippen LogP contribution in [0.3, 0.4) is 0 Å². The third-order valence-electron chi connectivity index (χ3n) is 6.88. The van der Waals surface area contributed by atoms with E-state index in [0.717, 1.165) is 43.2 Å². The van der Waals surface area contributed by atoms with E-state index in [2.05, 4.69) is 17.3 Å². The molecule has 0 aromatic carbocycles. The minimum absolute atomic E-state index is 0.418. The van der Waals surface area contributed by atoms with Crippen LogP contribution in [0.2, 0.25) is 0 Å². The summed E-state index contributed by atoms with van der Waals surface area (Å²) in [6.45, 7) is 2.18. The lowest BCUT2D eigenvalue weighted by atomic mass is 9.54. The van der Waals surface area contributed by atoms with Gasteiger partial charge < -0.3 is 10.2 Å². The van der Waals surface area contributed by atoms with Gasteiger partial charge in [-0.3, -0.25) is 4.79 Å². The number of amides is 1. The maximum Gasteiger partial charge on any atom is 0.222 e. The Morgan fingerprint density at radius 2 is 1.76 bits per heavy atom. The van der Waals surface area contributed by atoms with Crippen molar-refractivity contribution in [2.24, 2.45) is 29.6 Å². The van der Waals surface area contributed by atoms with E-state index in [1.54, 1.807) is 0 Å². The molecule has 4 bridgehead atoms. The van der Waals surface area contributed by atoms with Gasteiger partial charge in [0.05, 0.1) is 0 Å². The van der Waals surface area contributed by atoms with E-state index in [-0.39, 0.29) is 0 Å². The second-order valence-electron chi connectivity index (χ2n) is 8.34. The van der Waals surface area contributed by atoms with E-state index < -0.39 is 0 Å². The van der Waals surface area contributed by atoms with Crippen molar-refractivity contribution >= 4 is 5.91 Å². The number of nitrogens with one attached hydrogen (secondary N) is 1. The Hall–Kier alpha value is -0.570. The number of nitrogens with zero attached hydrogens (tertiary/aromatic N) is 1. The number of carbonyl (C=O) groups is 1. The minimum Gasteiger partial charge on any atom is -0.342 e. The first-order valence-electron chi connectivity index (χ1n) is 9.17. The van der Waals surface area contributed by atoms with E-state index in [0.29, 0.717) is 17.9 Å². The molecule has 5 fully saturated rings. The predicted octanol–water partition coefficient (Wildman–Crippen LogP) is 2.66. The summed E-state index contributed by atoms with van der Waals surface area (Å²) in [6, 6.07) is 0.571. The molecule has 0 aromatic rings. The van der Waals surface area contributed by atoms with Crippen LogP contribution in [0, 0.1) is 29.6 Å². The van der Waals surface area contributed by atoms with Crippen LogP contribution in [0.25, 0.3) is 0 Å². The van der Waals surface area contributed by atoms with Crippen LogP contribution in [0.4, 0.5) is 0 Å². The normalized spacial score (nSPS) is 44.8. The monoisotopic (exact) mass is 290 g/mol. The van der Waals surface area contributed by atoms with Crippen molar-refractivity contribution in [1.82, 2.24) is 10.2 Å². The summed E-state index contributed by atoms with van der Waals surface area (Å²) >= 11 is 0. The van der Waals surface area contributed by atoms with Gasteiger partial charge in [-0.05, 0) is 87.6 Å². The van der Waals surface area contributed by atoms with Crippen LogP contribution in [0.15, 0.2) is 0 Å². The topological polar surface area (TPSA) is 32.3 Å². The number of hydrogen-bond acceptors (Lipinski definition) is 2. The molecule has 4 saturated carbocycles. The molecule has 0 radical (unpaired) electrons. The molecule has 1 saturated heterocycles. The van der Waals surface area contributed by atoms with Gasteiger partial charge in [0.2, 0.25) is 5.91 Å². The summed E-state index contributed by atoms with van der Waals surface area (Å²) in [7, 11) is 2.10. The molecule has 3 nitrogen and oxygen atoms in total. The summed E-state index contributed by atoms with van der Waals surface area (Å²) in [5.74, 6) is 4.62. The van der Waals surface area contributed by atoms with Gasteiger partial charge in [0.25, 0.3) is 0 Å². The van der Waals surface area contributed by atoms with Crippen molar-refractivity contribution in [3.63, 3.8) is 0 Å². The summed E-state index contributed by atoms with van der Waals surface area (Å²) in [6.07, 6.45) is 10.3. The highest BCUT2D eigenvalue weighted by Gasteiger charge is 2.50. The Bertz CT molecular complexity index is 374. The van der Waals surface area contributed by atoms with Crippen LogP contribution >= 0.6 is 0 Å². The molecule has 1 atom stereocenters. The van der Waals surface area contributed by atoms with Gasteiger partial charge in [0, 0.05) is 19.5 Å². The van der Waals surface area contributed by atoms with Crippen molar-refractivity contribution in [1.29, 1.82) is 0 Å². The van der Waals surface area contributed by atoms with Crippen molar-refractivity contribution in [2.45, 2.75) is 57.4 Å². The van der Waals surface area contributed by atoms with Gasteiger partial charge in [-0.25, -0.2) is 0 Å². The molecule has 5 aliphatic rings. The molecule has 1 amide bonds. The maximum atomic E-state index is 12.7. The highest BCUT2D eigenvalue weighted by atomic mass is 16.2. The van der Waals surface area contributed by atoms with Crippen molar-refractivity contribution in [3.05, 3.63) is 0 Å². The average Bonchev–Trinajstić information content (AvgIpc) is 2.47. The minimum atomic E-state index is 0.418. The van der Waals surface area contributed by atoms with Crippen LogP contribution in [-0.4, -0.2) is 37.0 Å². The number of piperidine rings is 1. The standard InChI is InChI=1S/C18H30N2O/c1-20(17(21)10-12-3-2-4-19-11-12)18-15-6-13-5-14(8-15)9-16(18)7-13/h12-16,18-19H,2-11H2,1H3. The molecular formula is C18H30N2O. The molecule has 1 heterocycles. The van der Waals surface area contributed by atoms with Crippen LogP contribution in [0.5, 0.6) is 0 Å². The van der Waals surface area contributed by atoms with Gasteiger partial charge in [0.15, 0.2) is 0 Å². The summed E-state index contributed by atoms with van der Waals surface area (Å²) in [5.41, 5.74) is 0. The fraction of sp³-hybridized carbons (Fsp3) is 0.944. The molecule has 1 unspecified atom stereocenters. The third-order valence-corrected chi connectivity index (χ3v) is 6.88. The smallest absolute Gasteiger partial charge is 0.222 e. The quantitative estimate of drug-likeness (QED) is 0.866. The molecule has 0 spiro atoms. The van der Waals surface area contributed by atoms with E-state index in [1.165, 1.54) is 44.9 Å². The van der Waals surface area contributed by atoms with Crippen LogP contribution in [0.1, 0.15) is 51.4 Å². The fourth-order valence-corrected chi connectivity index (χ4v) is 6.18. The molecule has 0 aromatic heterocycles. The van der Waals surface area contributed by atoms with Gasteiger partial charge in [0.1, 0.15) is 0 Å². The Morgan fingerprint density at radius 1 is 1.10 bits per heavy atom. The molecule has 5 rings (SSSR count). The Morgan fingerprint density at radius 3 is 2.33 bits per heavy atom. The molecule has 4 aliphatic carbocycles. The van der Waals surface area contributed by atoms with Crippen molar-refractivity contribution < 1.29 is 4.79 Å². The molecular weight excluding hydrogens is 260 g/mol. The Balaban J connectivity index is 1.39. The molecule has 1 aliphatic heterocycles. The zero-order valence-corrected chi connectivity index (χ0v) is 13.4. The van der Waals surface area contributed by atoms with Crippen molar-refractivity contribution in [2.75, 3.05) is 20.1 Å². The van der Waals surface area contributed by atoms with Gasteiger partial charge >= 0.3 is 0 Å². The molecule has 118 valence electrons.